The van der Waals surface area contributed by atoms with Gasteiger partial charge < -0.3 is 14.4 Å². The predicted octanol–water partition coefficient (Wildman–Crippen LogP) is 4.70. The lowest BCUT2D eigenvalue weighted by Crippen LogP contribution is -2.24. The maximum absolute atomic E-state index is 14.5. The molecule has 0 fully saturated rings. The summed E-state index contributed by atoms with van der Waals surface area (Å²) in [7, 11) is 0. The first kappa shape index (κ1) is 15.3. The summed E-state index contributed by atoms with van der Waals surface area (Å²) in [4.78, 5) is 2.20. The monoisotopic (exact) mass is 327 g/mol. The van der Waals surface area contributed by atoms with Gasteiger partial charge in [-0.25, -0.2) is 4.39 Å². The molecule has 0 bridgehead atoms. The molecule has 1 atom stereocenters. The second-order valence-electron chi connectivity index (χ2n) is 6.50. The van der Waals surface area contributed by atoms with Crippen LogP contribution >= 0.6 is 0 Å². The number of fused-ring (bicyclic) bond motifs is 2. The summed E-state index contributed by atoms with van der Waals surface area (Å²) in [5, 5.41) is 0. The van der Waals surface area contributed by atoms with E-state index in [0.717, 1.165) is 47.8 Å². The van der Waals surface area contributed by atoms with Crippen LogP contribution in [0.4, 0.5) is 10.1 Å². The Bertz CT molecular complexity index is 746. The van der Waals surface area contributed by atoms with Gasteiger partial charge in [-0.1, -0.05) is 38.0 Å². The number of nitrogens with zero attached hydrogens (tertiary/aromatic N) is 1. The highest BCUT2D eigenvalue weighted by Crippen LogP contribution is 2.44. The summed E-state index contributed by atoms with van der Waals surface area (Å²) in [6.07, 6.45) is 3.44. The predicted molar refractivity (Wildman–Crippen MR) is 92.5 cm³/mol. The Morgan fingerprint density at radius 1 is 1.12 bits per heavy atom. The van der Waals surface area contributed by atoms with Crippen molar-refractivity contribution in [3.8, 4) is 11.5 Å². The van der Waals surface area contributed by atoms with E-state index in [1.54, 1.807) is 6.07 Å². The van der Waals surface area contributed by atoms with Crippen LogP contribution in [0, 0.1) is 5.82 Å². The van der Waals surface area contributed by atoms with Crippen molar-refractivity contribution in [1.29, 1.82) is 0 Å². The van der Waals surface area contributed by atoms with Crippen molar-refractivity contribution in [3.63, 3.8) is 0 Å². The minimum atomic E-state index is -0.118. The van der Waals surface area contributed by atoms with Crippen LogP contribution in [0.2, 0.25) is 0 Å². The first-order valence-electron chi connectivity index (χ1n) is 8.71. The van der Waals surface area contributed by atoms with Gasteiger partial charge in [0.15, 0.2) is 11.5 Å². The fourth-order valence-electron chi connectivity index (χ4n) is 3.73. The van der Waals surface area contributed by atoms with Gasteiger partial charge in [-0.2, -0.15) is 0 Å². The smallest absolute Gasteiger partial charge is 0.231 e. The fourth-order valence-corrected chi connectivity index (χ4v) is 3.73. The Morgan fingerprint density at radius 2 is 2.00 bits per heavy atom. The molecule has 0 saturated heterocycles. The molecule has 0 spiro atoms. The summed E-state index contributed by atoms with van der Waals surface area (Å²) in [6, 6.07) is 11.5. The number of para-hydroxylation sites is 1. The molecule has 2 aromatic carbocycles. The molecule has 2 aliphatic rings. The van der Waals surface area contributed by atoms with Gasteiger partial charge in [-0.05, 0) is 35.7 Å². The molecular formula is C20H22FNO2. The van der Waals surface area contributed by atoms with E-state index in [-0.39, 0.29) is 18.5 Å². The minimum Gasteiger partial charge on any atom is -0.454 e. The van der Waals surface area contributed by atoms with Gasteiger partial charge in [0.2, 0.25) is 6.79 Å². The minimum absolute atomic E-state index is 0.118. The highest BCUT2D eigenvalue weighted by atomic mass is 19.1. The average molecular weight is 327 g/mol. The van der Waals surface area contributed by atoms with Crippen molar-refractivity contribution >= 4 is 5.69 Å². The van der Waals surface area contributed by atoms with Gasteiger partial charge >= 0.3 is 0 Å². The number of unbranched alkanes of at least 4 members (excludes halogenated alkanes) is 2. The topological polar surface area (TPSA) is 21.7 Å². The van der Waals surface area contributed by atoms with Crippen molar-refractivity contribution in [2.45, 2.75) is 32.1 Å². The zero-order valence-electron chi connectivity index (χ0n) is 13.9. The van der Waals surface area contributed by atoms with Gasteiger partial charge in [-0.15, -0.1) is 0 Å². The van der Waals surface area contributed by atoms with Crippen LogP contribution in [0.25, 0.3) is 0 Å². The highest BCUT2D eigenvalue weighted by Gasteiger charge is 2.32. The number of ether oxygens (including phenoxy) is 2. The van der Waals surface area contributed by atoms with E-state index < -0.39 is 0 Å². The van der Waals surface area contributed by atoms with Crippen LogP contribution in [0.1, 0.15) is 43.2 Å². The van der Waals surface area contributed by atoms with Crippen molar-refractivity contribution in [1.82, 2.24) is 0 Å². The number of benzene rings is 2. The Balaban J connectivity index is 1.66. The van der Waals surface area contributed by atoms with E-state index in [0.29, 0.717) is 0 Å². The SMILES string of the molecule is CCCCCN1CC(c2ccc3c(c2)OCO3)c2cccc(F)c21. The first-order valence-corrected chi connectivity index (χ1v) is 8.71. The summed E-state index contributed by atoms with van der Waals surface area (Å²) in [6.45, 7) is 4.19. The van der Waals surface area contributed by atoms with E-state index in [1.807, 2.05) is 24.3 Å². The van der Waals surface area contributed by atoms with Gasteiger partial charge in [0.1, 0.15) is 5.82 Å². The summed E-state index contributed by atoms with van der Waals surface area (Å²) < 4.78 is 25.4. The maximum atomic E-state index is 14.5. The van der Waals surface area contributed by atoms with Crippen LogP contribution in [0.3, 0.4) is 0 Å². The molecule has 0 radical (unpaired) electrons. The summed E-state index contributed by atoms with van der Waals surface area (Å²) in [5.74, 6) is 1.63. The van der Waals surface area contributed by atoms with Crippen LogP contribution in [-0.2, 0) is 0 Å². The first-order chi connectivity index (χ1) is 11.8. The molecule has 126 valence electrons. The molecule has 24 heavy (non-hydrogen) atoms. The van der Waals surface area contributed by atoms with Gasteiger partial charge in [0.25, 0.3) is 0 Å². The number of halogens is 1. The fraction of sp³-hybridized carbons (Fsp3) is 0.400. The average Bonchev–Trinajstić information content (AvgIpc) is 3.19. The molecule has 0 aliphatic carbocycles. The lowest BCUT2D eigenvalue weighted by atomic mass is 9.93. The Hall–Kier alpha value is -2.23. The zero-order valence-corrected chi connectivity index (χ0v) is 13.9. The maximum Gasteiger partial charge on any atom is 0.231 e. The van der Waals surface area contributed by atoms with Crippen LogP contribution in [-0.4, -0.2) is 19.9 Å². The molecule has 1 unspecified atom stereocenters. The molecular weight excluding hydrogens is 305 g/mol. The Kier molecular flexibility index (Phi) is 4.05. The van der Waals surface area contributed by atoms with E-state index in [4.69, 9.17) is 9.47 Å². The third-order valence-corrected chi connectivity index (χ3v) is 4.94. The summed E-state index contributed by atoms with van der Waals surface area (Å²) >= 11 is 0. The molecule has 3 nitrogen and oxygen atoms in total. The van der Waals surface area contributed by atoms with Crippen LogP contribution in [0.5, 0.6) is 11.5 Å². The summed E-state index contributed by atoms with van der Waals surface area (Å²) in [5.41, 5.74) is 3.01. The third-order valence-electron chi connectivity index (χ3n) is 4.94. The molecule has 4 heteroatoms. The lowest BCUT2D eigenvalue weighted by Gasteiger charge is -2.20. The van der Waals surface area contributed by atoms with Crippen LogP contribution < -0.4 is 14.4 Å². The van der Waals surface area contributed by atoms with Gasteiger partial charge in [-0.3, -0.25) is 0 Å². The number of rotatable bonds is 5. The van der Waals surface area contributed by atoms with Crippen molar-refractivity contribution < 1.29 is 13.9 Å². The third kappa shape index (κ3) is 2.60. The van der Waals surface area contributed by atoms with Crippen molar-refractivity contribution in [3.05, 3.63) is 53.3 Å². The van der Waals surface area contributed by atoms with Crippen molar-refractivity contribution in [2.75, 3.05) is 24.8 Å². The van der Waals surface area contributed by atoms with E-state index in [2.05, 4.69) is 17.9 Å². The lowest BCUT2D eigenvalue weighted by molar-refractivity contribution is 0.174. The highest BCUT2D eigenvalue weighted by molar-refractivity contribution is 5.64. The number of anilines is 1. The molecule has 4 rings (SSSR count). The molecule has 0 amide bonds. The molecule has 0 saturated carbocycles. The number of hydrogen-bond acceptors (Lipinski definition) is 3. The molecule has 0 N–H and O–H groups in total. The molecule has 2 heterocycles. The number of hydrogen-bond donors (Lipinski definition) is 0. The van der Waals surface area contributed by atoms with E-state index in [1.165, 1.54) is 12.8 Å². The quantitative estimate of drug-likeness (QED) is 0.743. The van der Waals surface area contributed by atoms with E-state index >= 15 is 0 Å². The molecule has 2 aromatic rings. The largest absolute Gasteiger partial charge is 0.454 e. The van der Waals surface area contributed by atoms with Gasteiger partial charge in [0, 0.05) is 19.0 Å². The van der Waals surface area contributed by atoms with Crippen molar-refractivity contribution in [2.24, 2.45) is 0 Å². The van der Waals surface area contributed by atoms with E-state index in [9.17, 15) is 4.39 Å². The standard InChI is InChI=1S/C20H22FNO2/c1-2-3-4-10-22-12-16(15-6-5-7-17(21)20(15)22)14-8-9-18-19(11-14)24-13-23-18/h5-9,11,16H,2-4,10,12-13H2,1H3. The Morgan fingerprint density at radius 3 is 2.88 bits per heavy atom. The van der Waals surface area contributed by atoms with Gasteiger partial charge in [0.05, 0.1) is 5.69 Å². The second-order valence-corrected chi connectivity index (χ2v) is 6.50. The second kappa shape index (κ2) is 6.34. The van der Waals surface area contributed by atoms with Crippen LogP contribution in [0.15, 0.2) is 36.4 Å². The normalized spacial score (nSPS) is 18.1. The molecule has 2 aliphatic heterocycles. The molecule has 0 aromatic heterocycles. The zero-order chi connectivity index (χ0) is 16.5. The Labute approximate surface area is 142 Å².